The Morgan fingerprint density at radius 2 is 2.23 bits per heavy atom. The first-order valence-corrected chi connectivity index (χ1v) is 5.23. The Balaban J connectivity index is 2.24. The molecule has 0 aromatic rings. The highest BCUT2D eigenvalue weighted by Gasteiger charge is 2.19. The molecule has 1 aliphatic rings. The number of amides is 1. The highest BCUT2D eigenvalue weighted by molar-refractivity contribution is 5.78. The van der Waals surface area contributed by atoms with Crippen molar-refractivity contribution in [2.75, 3.05) is 13.2 Å². The number of aliphatic hydroxyl groups excluding tert-OH is 1. The molecule has 0 aromatic carbocycles. The van der Waals surface area contributed by atoms with E-state index in [1.165, 1.54) is 0 Å². The summed E-state index contributed by atoms with van der Waals surface area (Å²) in [5.41, 5.74) is 0. The van der Waals surface area contributed by atoms with Crippen LogP contribution >= 0.6 is 0 Å². The molecule has 1 heterocycles. The summed E-state index contributed by atoms with van der Waals surface area (Å²) in [6, 6.07) is 0. The predicted molar refractivity (Wildman–Crippen MR) is 51.3 cm³/mol. The number of rotatable bonds is 4. The normalized spacial score (nSPS) is 23.8. The van der Waals surface area contributed by atoms with Crippen molar-refractivity contribution in [1.82, 2.24) is 5.32 Å². The first kappa shape index (κ1) is 10.5. The molecule has 1 unspecified atom stereocenters. The molecule has 1 aliphatic heterocycles. The molecular weight excluding hydrogens is 166 g/mol. The van der Waals surface area contributed by atoms with Gasteiger partial charge in [0.25, 0.3) is 0 Å². The fourth-order valence-corrected chi connectivity index (χ4v) is 1.78. The maximum Gasteiger partial charge on any atom is 0.223 e. The fraction of sp³-hybridized carbons (Fsp3) is 0.900. The first-order valence-electron chi connectivity index (χ1n) is 5.23. The van der Waals surface area contributed by atoms with Crippen molar-refractivity contribution < 1.29 is 9.90 Å². The van der Waals surface area contributed by atoms with Crippen LogP contribution < -0.4 is 5.32 Å². The second-order valence-electron chi connectivity index (χ2n) is 3.70. The lowest BCUT2D eigenvalue weighted by Gasteiger charge is -2.11. The quantitative estimate of drug-likeness (QED) is 0.643. The average molecular weight is 185 g/mol. The van der Waals surface area contributed by atoms with Crippen LogP contribution in [0.2, 0.25) is 0 Å². The van der Waals surface area contributed by atoms with E-state index in [1.54, 1.807) is 0 Å². The van der Waals surface area contributed by atoms with Gasteiger partial charge in [0.15, 0.2) is 0 Å². The standard InChI is InChI=1S/C10H19NO2/c12-8-4-2-6-9-5-1-3-7-11-10(9)13/h9,12H,1-8H2,(H,11,13). The minimum Gasteiger partial charge on any atom is -0.396 e. The second-order valence-corrected chi connectivity index (χ2v) is 3.70. The summed E-state index contributed by atoms with van der Waals surface area (Å²) in [6.07, 6.45) is 6.02. The number of carbonyl (C=O) groups is 1. The number of aliphatic hydroxyl groups is 1. The van der Waals surface area contributed by atoms with Crippen molar-refractivity contribution in [3.63, 3.8) is 0 Å². The molecule has 2 N–H and O–H groups in total. The van der Waals surface area contributed by atoms with Gasteiger partial charge < -0.3 is 10.4 Å². The van der Waals surface area contributed by atoms with Crippen LogP contribution in [0.5, 0.6) is 0 Å². The third kappa shape index (κ3) is 3.77. The van der Waals surface area contributed by atoms with Gasteiger partial charge in [-0.1, -0.05) is 12.8 Å². The summed E-state index contributed by atoms with van der Waals surface area (Å²) in [5, 5.41) is 11.5. The van der Waals surface area contributed by atoms with Crippen LogP contribution in [0.3, 0.4) is 0 Å². The Labute approximate surface area is 79.5 Å². The summed E-state index contributed by atoms with van der Waals surface area (Å²) in [4.78, 5) is 11.4. The van der Waals surface area contributed by atoms with Crippen LogP contribution in [0, 0.1) is 5.92 Å². The second kappa shape index (κ2) is 5.97. The molecule has 13 heavy (non-hydrogen) atoms. The highest BCUT2D eigenvalue weighted by Crippen LogP contribution is 2.18. The smallest absolute Gasteiger partial charge is 0.223 e. The molecule has 1 atom stereocenters. The molecule has 1 saturated heterocycles. The van der Waals surface area contributed by atoms with Crippen LogP contribution in [0.25, 0.3) is 0 Å². The Kier molecular flexibility index (Phi) is 4.83. The lowest BCUT2D eigenvalue weighted by Crippen LogP contribution is -2.28. The third-order valence-corrected chi connectivity index (χ3v) is 2.61. The summed E-state index contributed by atoms with van der Waals surface area (Å²) in [5.74, 6) is 0.421. The Bertz CT molecular complexity index is 159. The summed E-state index contributed by atoms with van der Waals surface area (Å²) >= 11 is 0. The van der Waals surface area contributed by atoms with Crippen molar-refractivity contribution in [3.8, 4) is 0 Å². The molecule has 3 heteroatoms. The van der Waals surface area contributed by atoms with E-state index in [0.717, 1.165) is 45.1 Å². The molecule has 0 radical (unpaired) electrons. The Morgan fingerprint density at radius 3 is 3.00 bits per heavy atom. The highest BCUT2D eigenvalue weighted by atomic mass is 16.2. The van der Waals surface area contributed by atoms with E-state index in [9.17, 15) is 4.79 Å². The van der Waals surface area contributed by atoms with Gasteiger partial charge in [0.2, 0.25) is 5.91 Å². The largest absolute Gasteiger partial charge is 0.396 e. The van der Waals surface area contributed by atoms with Gasteiger partial charge in [0, 0.05) is 19.1 Å². The van der Waals surface area contributed by atoms with Crippen LogP contribution in [-0.4, -0.2) is 24.2 Å². The predicted octanol–water partition coefficient (Wildman–Crippen LogP) is 1.07. The molecule has 76 valence electrons. The molecule has 0 aliphatic carbocycles. The van der Waals surface area contributed by atoms with Crippen molar-refractivity contribution in [2.45, 2.75) is 38.5 Å². The van der Waals surface area contributed by atoms with Crippen LogP contribution in [0.1, 0.15) is 38.5 Å². The van der Waals surface area contributed by atoms with E-state index < -0.39 is 0 Å². The van der Waals surface area contributed by atoms with Crippen LogP contribution in [0.15, 0.2) is 0 Å². The van der Waals surface area contributed by atoms with E-state index in [1.807, 2.05) is 0 Å². The third-order valence-electron chi connectivity index (χ3n) is 2.61. The molecule has 0 saturated carbocycles. The zero-order valence-electron chi connectivity index (χ0n) is 8.09. The molecule has 0 spiro atoms. The fourth-order valence-electron chi connectivity index (χ4n) is 1.78. The number of nitrogens with one attached hydrogen (secondary N) is 1. The monoisotopic (exact) mass is 185 g/mol. The van der Waals surface area contributed by atoms with Gasteiger partial charge >= 0.3 is 0 Å². The van der Waals surface area contributed by atoms with Gasteiger partial charge in [-0.25, -0.2) is 0 Å². The maximum absolute atomic E-state index is 11.4. The molecule has 1 amide bonds. The Morgan fingerprint density at radius 1 is 1.38 bits per heavy atom. The van der Waals surface area contributed by atoms with Crippen molar-refractivity contribution in [3.05, 3.63) is 0 Å². The molecular formula is C10H19NO2. The van der Waals surface area contributed by atoms with Gasteiger partial charge in [-0.2, -0.15) is 0 Å². The van der Waals surface area contributed by atoms with Crippen molar-refractivity contribution in [2.24, 2.45) is 5.92 Å². The lowest BCUT2D eigenvalue weighted by atomic mass is 9.96. The first-order chi connectivity index (χ1) is 6.34. The van der Waals surface area contributed by atoms with E-state index >= 15 is 0 Å². The minimum absolute atomic E-state index is 0.203. The van der Waals surface area contributed by atoms with Gasteiger partial charge in [-0.05, 0) is 25.7 Å². The number of hydrogen-bond acceptors (Lipinski definition) is 2. The zero-order chi connectivity index (χ0) is 9.52. The van der Waals surface area contributed by atoms with Crippen molar-refractivity contribution in [1.29, 1.82) is 0 Å². The topological polar surface area (TPSA) is 49.3 Å². The van der Waals surface area contributed by atoms with E-state index in [-0.39, 0.29) is 18.4 Å². The van der Waals surface area contributed by atoms with E-state index in [4.69, 9.17) is 5.11 Å². The minimum atomic E-state index is 0.203. The molecule has 1 fully saturated rings. The number of unbranched alkanes of at least 4 members (excludes halogenated alkanes) is 1. The van der Waals surface area contributed by atoms with Gasteiger partial charge in [0.05, 0.1) is 0 Å². The average Bonchev–Trinajstić information content (AvgIpc) is 2.32. The molecule has 1 rings (SSSR count). The lowest BCUT2D eigenvalue weighted by molar-refractivity contribution is -0.124. The van der Waals surface area contributed by atoms with E-state index in [0.29, 0.717) is 0 Å². The number of carbonyl (C=O) groups excluding carboxylic acids is 1. The Hall–Kier alpha value is -0.570. The van der Waals surface area contributed by atoms with Gasteiger partial charge in [0.1, 0.15) is 0 Å². The summed E-state index contributed by atoms with van der Waals surface area (Å²) < 4.78 is 0. The number of hydrogen-bond donors (Lipinski definition) is 2. The van der Waals surface area contributed by atoms with Crippen LogP contribution in [-0.2, 0) is 4.79 Å². The zero-order valence-corrected chi connectivity index (χ0v) is 8.09. The SMILES string of the molecule is O=C1NCCCCC1CCCCO. The maximum atomic E-state index is 11.4. The summed E-state index contributed by atoms with van der Waals surface area (Å²) in [7, 11) is 0. The molecule has 3 nitrogen and oxygen atoms in total. The summed E-state index contributed by atoms with van der Waals surface area (Å²) in [6.45, 7) is 1.09. The van der Waals surface area contributed by atoms with E-state index in [2.05, 4.69) is 5.32 Å². The van der Waals surface area contributed by atoms with Gasteiger partial charge in [-0.3, -0.25) is 4.79 Å². The van der Waals surface area contributed by atoms with Crippen molar-refractivity contribution >= 4 is 5.91 Å². The molecule has 0 bridgehead atoms. The molecule has 0 aromatic heterocycles. The van der Waals surface area contributed by atoms with Gasteiger partial charge in [-0.15, -0.1) is 0 Å². The van der Waals surface area contributed by atoms with Crippen LogP contribution in [0.4, 0.5) is 0 Å².